The van der Waals surface area contributed by atoms with Crippen LogP contribution in [0.25, 0.3) is 0 Å². The largest absolute Gasteiger partial charge is 0.356 e. The van der Waals surface area contributed by atoms with E-state index >= 15 is 0 Å². The first-order valence-corrected chi connectivity index (χ1v) is 5.79. The van der Waals surface area contributed by atoms with Crippen molar-refractivity contribution in [2.45, 2.75) is 38.6 Å². The van der Waals surface area contributed by atoms with Gasteiger partial charge in [-0.25, -0.2) is 0 Å². The van der Waals surface area contributed by atoms with Gasteiger partial charge in [-0.05, 0) is 19.3 Å². The van der Waals surface area contributed by atoms with E-state index in [-0.39, 0.29) is 17.7 Å². The van der Waals surface area contributed by atoms with Gasteiger partial charge in [-0.1, -0.05) is 6.92 Å². The van der Waals surface area contributed by atoms with Crippen LogP contribution >= 0.6 is 0 Å². The maximum atomic E-state index is 11.6. The zero-order chi connectivity index (χ0) is 10.8. The molecule has 1 aliphatic carbocycles. The van der Waals surface area contributed by atoms with E-state index in [1.165, 1.54) is 0 Å². The molecule has 1 unspecified atom stereocenters. The van der Waals surface area contributed by atoms with Crippen LogP contribution in [0.1, 0.15) is 32.6 Å². The van der Waals surface area contributed by atoms with Crippen molar-refractivity contribution < 1.29 is 9.59 Å². The fraction of sp³-hybridized carbons (Fsp3) is 0.818. The van der Waals surface area contributed by atoms with Crippen molar-refractivity contribution >= 4 is 11.8 Å². The molecule has 2 amide bonds. The topological polar surface area (TPSA) is 49.4 Å². The third kappa shape index (κ3) is 2.30. The smallest absolute Gasteiger partial charge is 0.225 e. The lowest BCUT2D eigenvalue weighted by Gasteiger charge is -2.15. The number of likely N-dealkylation sites (tertiary alicyclic amines) is 1. The molecule has 0 aromatic carbocycles. The summed E-state index contributed by atoms with van der Waals surface area (Å²) in [4.78, 5) is 25.1. The van der Waals surface area contributed by atoms with Gasteiger partial charge < -0.3 is 10.2 Å². The van der Waals surface area contributed by atoms with Gasteiger partial charge in [0.25, 0.3) is 0 Å². The van der Waals surface area contributed by atoms with Crippen LogP contribution < -0.4 is 5.32 Å². The summed E-state index contributed by atoms with van der Waals surface area (Å²) in [6, 6.07) is 0.446. The summed E-state index contributed by atoms with van der Waals surface area (Å²) in [6.45, 7) is 3.38. The Morgan fingerprint density at radius 1 is 1.53 bits per heavy atom. The van der Waals surface area contributed by atoms with Gasteiger partial charge in [-0.3, -0.25) is 9.59 Å². The van der Waals surface area contributed by atoms with E-state index in [0.29, 0.717) is 25.6 Å². The molecule has 1 N–H and O–H groups in total. The standard InChI is InChI=1S/C11H18N2O2/c1-2-5-12-11(15)8-6-10(14)13(7-8)9-3-4-9/h8-9H,2-7H2,1H3,(H,12,15). The Morgan fingerprint density at radius 2 is 2.27 bits per heavy atom. The van der Waals surface area contributed by atoms with Crippen LogP contribution in [0, 0.1) is 5.92 Å². The molecule has 2 rings (SSSR count). The summed E-state index contributed by atoms with van der Waals surface area (Å²) in [5.41, 5.74) is 0. The highest BCUT2D eigenvalue weighted by atomic mass is 16.2. The summed E-state index contributed by atoms with van der Waals surface area (Å²) in [6.07, 6.45) is 3.59. The number of hydrogen-bond donors (Lipinski definition) is 1. The molecule has 84 valence electrons. The Morgan fingerprint density at radius 3 is 2.87 bits per heavy atom. The lowest BCUT2D eigenvalue weighted by atomic mass is 10.1. The van der Waals surface area contributed by atoms with Crippen LogP contribution in [0.3, 0.4) is 0 Å². The third-order valence-electron chi connectivity index (χ3n) is 3.07. The molecule has 4 nitrogen and oxygen atoms in total. The summed E-state index contributed by atoms with van der Waals surface area (Å²) in [7, 11) is 0. The maximum absolute atomic E-state index is 11.6. The summed E-state index contributed by atoms with van der Waals surface area (Å²) in [5, 5.41) is 2.86. The fourth-order valence-corrected chi connectivity index (χ4v) is 2.04. The fourth-order valence-electron chi connectivity index (χ4n) is 2.04. The molecular formula is C11H18N2O2. The molecule has 1 heterocycles. The monoisotopic (exact) mass is 210 g/mol. The average Bonchev–Trinajstić information content (AvgIpc) is 2.99. The Kier molecular flexibility index (Phi) is 2.93. The Bertz CT molecular complexity index is 274. The number of nitrogens with zero attached hydrogens (tertiary/aromatic N) is 1. The van der Waals surface area contributed by atoms with Crippen molar-refractivity contribution in [3.63, 3.8) is 0 Å². The maximum Gasteiger partial charge on any atom is 0.225 e. The van der Waals surface area contributed by atoms with E-state index in [4.69, 9.17) is 0 Å². The number of amides is 2. The molecule has 15 heavy (non-hydrogen) atoms. The first kappa shape index (κ1) is 10.5. The molecule has 1 saturated heterocycles. The van der Waals surface area contributed by atoms with E-state index in [1.807, 2.05) is 11.8 Å². The zero-order valence-corrected chi connectivity index (χ0v) is 9.16. The molecule has 1 atom stereocenters. The number of rotatable bonds is 4. The van der Waals surface area contributed by atoms with Crippen LogP contribution in [0.15, 0.2) is 0 Å². The SMILES string of the molecule is CCCNC(=O)C1CC(=O)N(C2CC2)C1. The normalized spacial score (nSPS) is 25.8. The minimum absolute atomic E-state index is 0.0494. The molecule has 2 fully saturated rings. The Balaban J connectivity index is 1.84. The average molecular weight is 210 g/mol. The van der Waals surface area contributed by atoms with Gasteiger partial charge in [0.05, 0.1) is 5.92 Å². The Labute approximate surface area is 90.0 Å². The third-order valence-corrected chi connectivity index (χ3v) is 3.07. The molecule has 0 radical (unpaired) electrons. The predicted octanol–water partition coefficient (Wildman–Crippen LogP) is 0.523. The second-order valence-corrected chi connectivity index (χ2v) is 4.47. The highest BCUT2D eigenvalue weighted by Crippen LogP contribution is 2.32. The van der Waals surface area contributed by atoms with Crippen LogP contribution in [0.4, 0.5) is 0 Å². The molecule has 1 aliphatic heterocycles. The van der Waals surface area contributed by atoms with Crippen LogP contribution in [0.5, 0.6) is 0 Å². The van der Waals surface area contributed by atoms with Gasteiger partial charge in [0.2, 0.25) is 11.8 Å². The minimum atomic E-state index is -0.107. The lowest BCUT2D eigenvalue weighted by Crippen LogP contribution is -2.33. The van der Waals surface area contributed by atoms with Gasteiger partial charge in [-0.15, -0.1) is 0 Å². The lowest BCUT2D eigenvalue weighted by molar-refractivity contribution is -0.129. The van der Waals surface area contributed by atoms with Gasteiger partial charge in [0.1, 0.15) is 0 Å². The van der Waals surface area contributed by atoms with Gasteiger partial charge in [-0.2, -0.15) is 0 Å². The van der Waals surface area contributed by atoms with Gasteiger partial charge >= 0.3 is 0 Å². The highest BCUT2D eigenvalue weighted by molar-refractivity contribution is 5.89. The van der Waals surface area contributed by atoms with Crippen molar-refractivity contribution in [1.82, 2.24) is 10.2 Å². The summed E-state index contributed by atoms with van der Waals surface area (Å²) < 4.78 is 0. The molecule has 4 heteroatoms. The quantitative estimate of drug-likeness (QED) is 0.735. The van der Waals surface area contributed by atoms with Crippen molar-refractivity contribution in [3.8, 4) is 0 Å². The first-order chi connectivity index (χ1) is 7.22. The molecule has 0 spiro atoms. The van der Waals surface area contributed by atoms with Crippen LogP contribution in [0.2, 0.25) is 0 Å². The molecule has 2 aliphatic rings. The van der Waals surface area contributed by atoms with E-state index in [9.17, 15) is 9.59 Å². The van der Waals surface area contributed by atoms with Crippen LogP contribution in [-0.4, -0.2) is 35.8 Å². The number of carbonyl (C=O) groups excluding carboxylic acids is 2. The number of nitrogens with one attached hydrogen (secondary N) is 1. The van der Waals surface area contributed by atoms with E-state index in [0.717, 1.165) is 19.3 Å². The highest BCUT2D eigenvalue weighted by Gasteiger charge is 2.41. The van der Waals surface area contributed by atoms with Crippen molar-refractivity contribution in [1.29, 1.82) is 0 Å². The summed E-state index contributed by atoms with van der Waals surface area (Å²) >= 11 is 0. The number of carbonyl (C=O) groups is 2. The summed E-state index contributed by atoms with van der Waals surface area (Å²) in [5.74, 6) is 0.104. The second-order valence-electron chi connectivity index (χ2n) is 4.47. The Hall–Kier alpha value is -1.06. The zero-order valence-electron chi connectivity index (χ0n) is 9.16. The van der Waals surface area contributed by atoms with Crippen molar-refractivity contribution in [2.24, 2.45) is 5.92 Å². The van der Waals surface area contributed by atoms with E-state index < -0.39 is 0 Å². The van der Waals surface area contributed by atoms with Gasteiger partial charge in [0.15, 0.2) is 0 Å². The van der Waals surface area contributed by atoms with E-state index in [1.54, 1.807) is 0 Å². The molecule has 0 aromatic heterocycles. The predicted molar refractivity (Wildman–Crippen MR) is 56.1 cm³/mol. The van der Waals surface area contributed by atoms with Gasteiger partial charge in [0, 0.05) is 25.6 Å². The first-order valence-electron chi connectivity index (χ1n) is 5.79. The molecular weight excluding hydrogens is 192 g/mol. The van der Waals surface area contributed by atoms with Crippen molar-refractivity contribution in [3.05, 3.63) is 0 Å². The van der Waals surface area contributed by atoms with E-state index in [2.05, 4.69) is 5.32 Å². The minimum Gasteiger partial charge on any atom is -0.356 e. The number of hydrogen-bond acceptors (Lipinski definition) is 2. The second kappa shape index (κ2) is 4.21. The van der Waals surface area contributed by atoms with Crippen molar-refractivity contribution in [2.75, 3.05) is 13.1 Å². The molecule has 0 bridgehead atoms. The molecule has 0 aromatic rings. The molecule has 1 saturated carbocycles. The van der Waals surface area contributed by atoms with Crippen LogP contribution in [-0.2, 0) is 9.59 Å².